The zero-order valence-corrected chi connectivity index (χ0v) is 17.1. The van der Waals surface area contributed by atoms with Gasteiger partial charge in [-0.25, -0.2) is 14.4 Å². The summed E-state index contributed by atoms with van der Waals surface area (Å²) in [6, 6.07) is 10.8. The first kappa shape index (κ1) is 18.7. The molecule has 1 aromatic carbocycles. The Balaban J connectivity index is 1.27. The molecule has 1 aliphatic heterocycles. The lowest BCUT2D eigenvalue weighted by Crippen LogP contribution is -2.28. The van der Waals surface area contributed by atoms with Gasteiger partial charge in [0.2, 0.25) is 0 Å². The van der Waals surface area contributed by atoms with Crippen LogP contribution in [0.25, 0.3) is 10.4 Å². The average molecular weight is 409 g/mol. The SMILES string of the molecule is Fc1ccc(-c2cnc(Nc3cc(CC4CCC[C@@H]5CNC[C@H]45)ccn3)s2)cc1. The number of aromatic nitrogens is 2. The Morgan fingerprint density at radius 2 is 2.00 bits per heavy atom. The molecule has 1 saturated heterocycles. The van der Waals surface area contributed by atoms with E-state index in [1.165, 1.54) is 50.0 Å². The summed E-state index contributed by atoms with van der Waals surface area (Å²) in [7, 11) is 0. The van der Waals surface area contributed by atoms with Crippen molar-refractivity contribution in [3.05, 3.63) is 60.2 Å². The Labute approximate surface area is 174 Å². The molecule has 0 spiro atoms. The Morgan fingerprint density at radius 3 is 2.90 bits per heavy atom. The molecule has 3 heterocycles. The molecule has 6 heteroatoms. The molecular weight excluding hydrogens is 383 g/mol. The van der Waals surface area contributed by atoms with Crippen LogP contribution in [0.2, 0.25) is 0 Å². The normalized spacial score (nSPS) is 23.7. The van der Waals surface area contributed by atoms with E-state index < -0.39 is 0 Å². The molecule has 2 aliphatic rings. The van der Waals surface area contributed by atoms with Crippen LogP contribution < -0.4 is 10.6 Å². The fourth-order valence-electron chi connectivity index (χ4n) is 4.89. The second-order valence-corrected chi connectivity index (χ2v) is 9.22. The second kappa shape index (κ2) is 8.20. The molecule has 2 N–H and O–H groups in total. The van der Waals surface area contributed by atoms with Gasteiger partial charge < -0.3 is 10.6 Å². The number of nitrogens with zero attached hydrogens (tertiary/aromatic N) is 2. The highest BCUT2D eigenvalue weighted by atomic mass is 32.1. The summed E-state index contributed by atoms with van der Waals surface area (Å²) in [6.07, 6.45) is 8.91. The third-order valence-electron chi connectivity index (χ3n) is 6.34. The maximum absolute atomic E-state index is 13.1. The van der Waals surface area contributed by atoms with Crippen LogP contribution >= 0.6 is 11.3 Å². The van der Waals surface area contributed by atoms with Gasteiger partial charge in [0, 0.05) is 12.4 Å². The van der Waals surface area contributed by atoms with Crippen molar-refractivity contribution in [2.75, 3.05) is 18.4 Å². The van der Waals surface area contributed by atoms with Crippen LogP contribution in [-0.2, 0) is 6.42 Å². The topological polar surface area (TPSA) is 49.8 Å². The maximum atomic E-state index is 13.1. The first-order valence-corrected chi connectivity index (χ1v) is 11.2. The number of pyridine rings is 1. The largest absolute Gasteiger partial charge is 0.316 e. The van der Waals surface area contributed by atoms with Crippen LogP contribution in [0.4, 0.5) is 15.3 Å². The van der Waals surface area contributed by atoms with Gasteiger partial charge in [0.25, 0.3) is 0 Å². The van der Waals surface area contributed by atoms with Crippen LogP contribution in [0.5, 0.6) is 0 Å². The van der Waals surface area contributed by atoms with E-state index in [1.54, 1.807) is 23.5 Å². The van der Waals surface area contributed by atoms with Gasteiger partial charge >= 0.3 is 0 Å². The maximum Gasteiger partial charge on any atom is 0.188 e. The summed E-state index contributed by atoms with van der Waals surface area (Å²) >= 11 is 1.55. The van der Waals surface area contributed by atoms with Crippen LogP contribution in [-0.4, -0.2) is 23.1 Å². The fraction of sp³-hybridized carbons (Fsp3) is 0.391. The standard InChI is InChI=1S/C23H25FN4S/c24-19-6-4-16(5-7-19)21-14-27-23(29-21)28-22-11-15(8-9-26-22)10-17-2-1-3-18-12-25-13-20(17)18/h4-9,11,14,17-18,20,25H,1-3,10,12-13H2,(H,26,27,28)/t17?,18-,20-/m1/s1. The third-order valence-corrected chi connectivity index (χ3v) is 7.30. The minimum atomic E-state index is -0.227. The van der Waals surface area contributed by atoms with Crippen molar-refractivity contribution in [1.82, 2.24) is 15.3 Å². The second-order valence-electron chi connectivity index (χ2n) is 8.19. The Kier molecular flexibility index (Phi) is 5.29. The minimum Gasteiger partial charge on any atom is -0.316 e. The summed E-state index contributed by atoms with van der Waals surface area (Å²) in [4.78, 5) is 9.95. The van der Waals surface area contributed by atoms with E-state index in [0.29, 0.717) is 0 Å². The van der Waals surface area contributed by atoms with Crippen LogP contribution in [0.3, 0.4) is 0 Å². The minimum absolute atomic E-state index is 0.227. The molecule has 0 bridgehead atoms. The van der Waals surface area contributed by atoms with E-state index in [2.05, 4.69) is 32.7 Å². The molecule has 29 heavy (non-hydrogen) atoms. The van der Waals surface area contributed by atoms with Crippen molar-refractivity contribution in [3.8, 4) is 10.4 Å². The number of halogens is 1. The fourth-order valence-corrected chi connectivity index (χ4v) is 5.72. The van der Waals surface area contributed by atoms with E-state index in [9.17, 15) is 4.39 Å². The highest BCUT2D eigenvalue weighted by Crippen LogP contribution is 2.39. The van der Waals surface area contributed by atoms with Gasteiger partial charge in [-0.3, -0.25) is 0 Å². The number of anilines is 2. The molecule has 5 rings (SSSR count). The van der Waals surface area contributed by atoms with Gasteiger partial charge in [0.05, 0.1) is 4.88 Å². The van der Waals surface area contributed by atoms with Gasteiger partial charge in [0.1, 0.15) is 11.6 Å². The molecule has 0 radical (unpaired) electrons. The quantitative estimate of drug-likeness (QED) is 0.604. The summed E-state index contributed by atoms with van der Waals surface area (Å²) in [6.45, 7) is 2.38. The average Bonchev–Trinajstić information content (AvgIpc) is 3.39. The molecule has 150 valence electrons. The first-order valence-electron chi connectivity index (χ1n) is 10.4. The van der Waals surface area contributed by atoms with Crippen LogP contribution in [0.15, 0.2) is 48.8 Å². The predicted octanol–water partition coefficient (Wildman–Crippen LogP) is 5.27. The highest BCUT2D eigenvalue weighted by Gasteiger charge is 2.36. The summed E-state index contributed by atoms with van der Waals surface area (Å²) in [5, 5.41) is 7.73. The molecule has 1 aliphatic carbocycles. The van der Waals surface area contributed by atoms with Gasteiger partial charge in [-0.1, -0.05) is 29.9 Å². The molecule has 1 saturated carbocycles. The first-order chi connectivity index (χ1) is 14.2. The molecule has 3 aromatic rings. The number of benzene rings is 1. The number of thiazole rings is 1. The molecule has 3 atom stereocenters. The van der Waals surface area contributed by atoms with Crippen LogP contribution in [0.1, 0.15) is 24.8 Å². The van der Waals surface area contributed by atoms with E-state index >= 15 is 0 Å². The lowest BCUT2D eigenvalue weighted by Gasteiger charge is -2.33. The van der Waals surface area contributed by atoms with Crippen LogP contribution in [0, 0.1) is 23.6 Å². The molecule has 2 aromatic heterocycles. The molecular formula is C23H25FN4S. The number of fused-ring (bicyclic) bond motifs is 1. The zero-order chi connectivity index (χ0) is 19.6. The van der Waals surface area contributed by atoms with Crippen molar-refractivity contribution in [1.29, 1.82) is 0 Å². The molecule has 0 amide bonds. The number of hydrogen-bond acceptors (Lipinski definition) is 5. The highest BCUT2D eigenvalue weighted by molar-refractivity contribution is 7.18. The van der Waals surface area contributed by atoms with Gasteiger partial charge in [-0.15, -0.1) is 0 Å². The number of nitrogens with one attached hydrogen (secondary N) is 2. The van der Waals surface area contributed by atoms with E-state index in [0.717, 1.165) is 45.6 Å². The predicted molar refractivity (Wildman–Crippen MR) is 116 cm³/mol. The van der Waals surface area contributed by atoms with Crippen molar-refractivity contribution in [3.63, 3.8) is 0 Å². The van der Waals surface area contributed by atoms with Crippen molar-refractivity contribution in [2.24, 2.45) is 17.8 Å². The number of rotatable bonds is 5. The summed E-state index contributed by atoms with van der Waals surface area (Å²) < 4.78 is 13.1. The van der Waals surface area contributed by atoms with Crippen molar-refractivity contribution < 1.29 is 4.39 Å². The van der Waals surface area contributed by atoms with Crippen molar-refractivity contribution in [2.45, 2.75) is 25.7 Å². The molecule has 4 nitrogen and oxygen atoms in total. The van der Waals surface area contributed by atoms with Crippen molar-refractivity contribution >= 4 is 22.3 Å². The Morgan fingerprint density at radius 1 is 1.10 bits per heavy atom. The summed E-state index contributed by atoms with van der Waals surface area (Å²) in [5.41, 5.74) is 2.31. The van der Waals surface area contributed by atoms with E-state index in [-0.39, 0.29) is 5.82 Å². The Bertz CT molecular complexity index is 971. The number of hydrogen-bond donors (Lipinski definition) is 2. The monoisotopic (exact) mass is 408 g/mol. The smallest absolute Gasteiger partial charge is 0.188 e. The van der Waals surface area contributed by atoms with Gasteiger partial charge in [-0.2, -0.15) is 0 Å². The third kappa shape index (κ3) is 4.19. The van der Waals surface area contributed by atoms with Gasteiger partial charge in [-0.05, 0) is 85.5 Å². The van der Waals surface area contributed by atoms with E-state index in [4.69, 9.17) is 0 Å². The lowest BCUT2D eigenvalue weighted by molar-refractivity contribution is 0.198. The van der Waals surface area contributed by atoms with Gasteiger partial charge in [0.15, 0.2) is 5.13 Å². The Hall–Kier alpha value is -2.31. The zero-order valence-electron chi connectivity index (χ0n) is 16.3. The summed E-state index contributed by atoms with van der Waals surface area (Å²) in [5.74, 6) is 3.07. The molecule has 2 fully saturated rings. The molecule has 1 unspecified atom stereocenters. The van der Waals surface area contributed by atoms with E-state index in [1.807, 2.05) is 12.4 Å². The lowest BCUT2D eigenvalue weighted by atomic mass is 9.72.